The molecule has 0 spiro atoms. The largest absolute Gasteiger partial charge is 0.797 e. The molecule has 3 nitrogen and oxygen atoms in total. The molecule has 1 unspecified atom stereocenters. The van der Waals surface area contributed by atoms with E-state index >= 15 is 4.32 Å². The van der Waals surface area contributed by atoms with Crippen molar-refractivity contribution >= 4 is 50.7 Å². The minimum atomic E-state index is -3.23. The Balaban J connectivity index is 1.67. The van der Waals surface area contributed by atoms with Crippen molar-refractivity contribution in [2.24, 2.45) is 0 Å². The van der Waals surface area contributed by atoms with Gasteiger partial charge in [0.25, 0.3) is 0 Å². The topological polar surface area (TPSA) is 21.5 Å². The lowest BCUT2D eigenvalue weighted by Gasteiger charge is -2.48. The van der Waals surface area contributed by atoms with Gasteiger partial charge in [0.15, 0.2) is 5.69 Å². The number of fused-ring (bicyclic) bond motifs is 4. The van der Waals surface area contributed by atoms with E-state index in [2.05, 4.69) is 51.8 Å². The Kier molecular flexibility index (Phi) is 10.3. The van der Waals surface area contributed by atoms with E-state index in [4.69, 9.17) is 9.31 Å². The molecule has 4 rings (SSSR count). The lowest BCUT2D eigenvalue weighted by Crippen LogP contribution is -2.61. The number of unbranched alkanes of at least 4 members (excludes halogenated alkanes) is 10. The van der Waals surface area contributed by atoms with Gasteiger partial charge in [-0.2, -0.15) is 0 Å². The van der Waals surface area contributed by atoms with E-state index in [0.29, 0.717) is 5.75 Å². The average Bonchev–Trinajstić information content (AvgIpc) is 2.87. The summed E-state index contributed by atoms with van der Waals surface area (Å²) in [5.41, 5.74) is 2.05. The van der Waals surface area contributed by atoms with Gasteiger partial charge in [0.1, 0.15) is 6.21 Å². The third-order valence-corrected chi connectivity index (χ3v) is 8.81. The van der Waals surface area contributed by atoms with E-state index in [9.17, 15) is 0 Å². The van der Waals surface area contributed by atoms with Crippen LogP contribution in [0.5, 0.6) is 5.75 Å². The summed E-state index contributed by atoms with van der Waals surface area (Å²) in [6.45, 7) is 1.26. The van der Waals surface area contributed by atoms with Crippen LogP contribution >= 0.6 is 31.9 Å². The van der Waals surface area contributed by atoms with Crippen LogP contribution in [0.25, 0.3) is 0 Å². The van der Waals surface area contributed by atoms with Gasteiger partial charge in [-0.15, -0.1) is 0 Å². The van der Waals surface area contributed by atoms with Crippen LogP contribution < -0.4 is 4.65 Å². The molecular formula is C30H41BBr2FNO2. The normalized spacial score (nSPS) is 19.4. The van der Waals surface area contributed by atoms with Crippen LogP contribution in [0.4, 0.5) is 10.0 Å². The Labute approximate surface area is 239 Å². The van der Waals surface area contributed by atoms with Gasteiger partial charge in [-0.25, -0.2) is 0 Å². The standard InChI is InChI=1S/C30H41BBr2FNO2/c1-3-5-7-9-11-13-19-30(20-14-12-10-8-6-4-2)27-21-25(32)17-18-28(27)35-23-24-15-16-26(33)22-29(24)36-31(35,34)37-30/h15-18,21-23H,3-14,19-20H2,1-2H3. The van der Waals surface area contributed by atoms with Crippen LogP contribution in [0, 0.1) is 0 Å². The van der Waals surface area contributed by atoms with Crippen molar-refractivity contribution in [2.45, 2.75) is 109 Å². The van der Waals surface area contributed by atoms with Gasteiger partial charge >= 0.3 is 6.96 Å². The first-order chi connectivity index (χ1) is 17.9. The molecule has 0 saturated heterocycles. The second-order valence-corrected chi connectivity index (χ2v) is 12.6. The lowest BCUT2D eigenvalue weighted by molar-refractivity contribution is -0.381. The maximum Gasteiger partial charge on any atom is 0.797 e. The summed E-state index contributed by atoms with van der Waals surface area (Å²) in [7, 11) is 0. The summed E-state index contributed by atoms with van der Waals surface area (Å²) in [4.78, 5) is 0. The highest BCUT2D eigenvalue weighted by atomic mass is 79.9. The molecule has 0 aliphatic carbocycles. The molecule has 0 fully saturated rings. The van der Waals surface area contributed by atoms with Crippen LogP contribution in [0.15, 0.2) is 45.3 Å². The minimum Gasteiger partial charge on any atom is -0.602 e. The molecule has 0 radical (unpaired) electrons. The highest BCUT2D eigenvalue weighted by molar-refractivity contribution is 9.10. The summed E-state index contributed by atoms with van der Waals surface area (Å²) in [6.07, 6.45) is 17.8. The summed E-state index contributed by atoms with van der Waals surface area (Å²) < 4.78 is 33.1. The summed E-state index contributed by atoms with van der Waals surface area (Å²) in [6, 6.07) is 11.9. The van der Waals surface area contributed by atoms with Crippen LogP contribution in [0.1, 0.15) is 115 Å². The highest BCUT2D eigenvalue weighted by Gasteiger charge is 2.60. The third kappa shape index (κ3) is 6.88. The Morgan fingerprint density at radius 1 is 0.784 bits per heavy atom. The smallest absolute Gasteiger partial charge is 0.602 e. The van der Waals surface area contributed by atoms with E-state index in [1.165, 1.54) is 51.4 Å². The van der Waals surface area contributed by atoms with Crippen molar-refractivity contribution in [2.75, 3.05) is 0 Å². The SMILES string of the molecule is CCCCCCCCC1(CCCCCCCC)O[B-]2(F)Oc3cc(Br)ccc3C=[N+]2c2ccc(Br)cc21. The van der Waals surface area contributed by atoms with Crippen LogP contribution in [-0.4, -0.2) is 17.7 Å². The van der Waals surface area contributed by atoms with E-state index in [1.807, 2.05) is 36.5 Å². The van der Waals surface area contributed by atoms with Crippen molar-refractivity contribution in [1.29, 1.82) is 0 Å². The van der Waals surface area contributed by atoms with Crippen molar-refractivity contribution in [3.63, 3.8) is 0 Å². The van der Waals surface area contributed by atoms with Crippen molar-refractivity contribution in [1.82, 2.24) is 0 Å². The quantitative estimate of drug-likeness (QED) is 0.152. The third-order valence-electron chi connectivity index (χ3n) is 7.83. The molecule has 7 heteroatoms. The van der Waals surface area contributed by atoms with Gasteiger partial charge in [-0.05, 0) is 43.2 Å². The molecule has 2 aliphatic heterocycles. The zero-order chi connectivity index (χ0) is 26.3. The van der Waals surface area contributed by atoms with E-state index in [0.717, 1.165) is 64.3 Å². The van der Waals surface area contributed by atoms with Crippen molar-refractivity contribution in [3.8, 4) is 5.75 Å². The number of hydrogen-bond acceptors (Lipinski definition) is 2. The summed E-state index contributed by atoms with van der Waals surface area (Å²) in [5, 5.41) is 0. The number of nitrogens with zero attached hydrogens (tertiary/aromatic N) is 1. The highest BCUT2D eigenvalue weighted by Crippen LogP contribution is 2.50. The lowest BCUT2D eigenvalue weighted by atomic mass is 9.75. The number of rotatable bonds is 14. The first-order valence-electron chi connectivity index (χ1n) is 14.4. The van der Waals surface area contributed by atoms with Crippen LogP contribution in [0.2, 0.25) is 0 Å². The molecule has 2 aliphatic rings. The zero-order valence-corrected chi connectivity index (χ0v) is 25.6. The molecule has 2 aromatic carbocycles. The Hall–Kier alpha value is -1.18. The molecule has 0 aromatic heterocycles. The molecular weight excluding hydrogens is 596 g/mol. The molecule has 0 N–H and O–H groups in total. The molecule has 0 amide bonds. The Bertz CT molecular complexity index is 1080. The van der Waals surface area contributed by atoms with Gasteiger partial charge < -0.3 is 18.1 Å². The Morgan fingerprint density at radius 3 is 2.00 bits per heavy atom. The first kappa shape index (κ1) is 28.8. The fourth-order valence-electron chi connectivity index (χ4n) is 5.82. The maximum absolute atomic E-state index is 16.9. The van der Waals surface area contributed by atoms with Gasteiger partial charge in [0, 0.05) is 20.6 Å². The molecule has 2 aromatic rings. The fourth-order valence-corrected chi connectivity index (χ4v) is 6.52. The van der Waals surface area contributed by atoms with Gasteiger partial charge in [-0.3, -0.25) is 0 Å². The summed E-state index contributed by atoms with van der Waals surface area (Å²) >= 11 is 7.19. The Morgan fingerprint density at radius 2 is 1.35 bits per heavy atom. The predicted molar refractivity (Wildman–Crippen MR) is 160 cm³/mol. The maximum atomic E-state index is 16.9. The second-order valence-electron chi connectivity index (χ2n) is 10.7. The van der Waals surface area contributed by atoms with Crippen LogP contribution in [0.3, 0.4) is 0 Å². The van der Waals surface area contributed by atoms with Crippen molar-refractivity contribution in [3.05, 3.63) is 56.5 Å². The molecule has 37 heavy (non-hydrogen) atoms. The minimum absolute atomic E-state index is 0.515. The van der Waals surface area contributed by atoms with E-state index in [1.54, 1.807) is 4.49 Å². The number of hydrogen-bond donors (Lipinski definition) is 0. The van der Waals surface area contributed by atoms with Gasteiger partial charge in [0.2, 0.25) is 0 Å². The van der Waals surface area contributed by atoms with Crippen molar-refractivity contribution < 1.29 is 18.1 Å². The summed E-state index contributed by atoms with van der Waals surface area (Å²) in [5.74, 6) is 0.515. The monoisotopic (exact) mass is 635 g/mol. The van der Waals surface area contributed by atoms with Gasteiger partial charge in [-0.1, -0.05) is 123 Å². The molecule has 2 heterocycles. The second kappa shape index (κ2) is 13.3. The van der Waals surface area contributed by atoms with E-state index < -0.39 is 12.6 Å². The fraction of sp³-hybridized carbons (Fsp3) is 0.567. The zero-order valence-electron chi connectivity index (χ0n) is 22.4. The molecule has 0 saturated carbocycles. The molecule has 1 atom stereocenters. The predicted octanol–water partition coefficient (Wildman–Crippen LogP) is 10.5. The van der Waals surface area contributed by atoms with Gasteiger partial charge in [0.05, 0.1) is 16.9 Å². The molecule has 0 bridgehead atoms. The first-order valence-corrected chi connectivity index (χ1v) is 15.9. The average molecular weight is 637 g/mol. The van der Waals surface area contributed by atoms with E-state index in [-0.39, 0.29) is 0 Å². The van der Waals surface area contributed by atoms with Crippen LogP contribution in [-0.2, 0) is 10.3 Å². The number of benzene rings is 2. The molecule has 202 valence electrons. The number of halogens is 3.